The first-order valence-corrected chi connectivity index (χ1v) is 13.9. The molecule has 0 spiro atoms. The Kier molecular flexibility index (Phi) is 7.21. The van der Waals surface area contributed by atoms with E-state index in [4.69, 9.17) is 9.25 Å². The third kappa shape index (κ3) is 4.25. The number of halogens is 2. The quantitative estimate of drug-likeness (QED) is 0.461. The largest absolute Gasteiger partial charge is 0.459 e. The molecule has 0 radical (unpaired) electrons. The minimum atomic E-state index is -2.71. The molecule has 10 heteroatoms. The lowest BCUT2D eigenvalue weighted by molar-refractivity contribution is -0.124. The van der Waals surface area contributed by atoms with Gasteiger partial charge in [-0.1, -0.05) is 19.0 Å². The Balaban J connectivity index is 1.52. The maximum atomic E-state index is 13.7. The van der Waals surface area contributed by atoms with Crippen molar-refractivity contribution in [3.05, 3.63) is 35.8 Å². The molecule has 3 saturated carbocycles. The topological polar surface area (TPSA) is 116 Å². The molecule has 3 N–H and O–H groups in total. The molecule has 1 aromatic rings. The van der Waals surface area contributed by atoms with Crippen LogP contribution in [0.25, 0.3) is 0 Å². The monoisotopic (exact) mass is 550 g/mol. The molecule has 3 fully saturated rings. The average molecular weight is 551 g/mol. The summed E-state index contributed by atoms with van der Waals surface area (Å²) in [6.45, 7) is 5.18. The van der Waals surface area contributed by atoms with Crippen molar-refractivity contribution in [2.75, 3.05) is 13.7 Å². The molecular formula is C29H40F2N2O6. The van der Waals surface area contributed by atoms with Crippen LogP contribution in [0.5, 0.6) is 0 Å². The number of nitrogens with zero attached hydrogens (tertiary/aromatic N) is 2. The van der Waals surface area contributed by atoms with Crippen molar-refractivity contribution in [3.8, 4) is 0 Å². The lowest BCUT2D eigenvalue weighted by Crippen LogP contribution is -2.61. The van der Waals surface area contributed by atoms with Crippen molar-refractivity contribution in [2.24, 2.45) is 33.7 Å². The van der Waals surface area contributed by atoms with Crippen LogP contribution in [0, 0.1) is 28.6 Å². The number of aliphatic hydroxyl groups excluding tert-OH is 2. The summed E-state index contributed by atoms with van der Waals surface area (Å²) in [4.78, 5) is 19.6. The van der Waals surface area contributed by atoms with Crippen molar-refractivity contribution >= 4 is 11.6 Å². The number of alkyl halides is 2. The van der Waals surface area contributed by atoms with E-state index in [2.05, 4.69) is 12.1 Å². The number of aliphatic hydroxyl groups is 3. The van der Waals surface area contributed by atoms with Gasteiger partial charge >= 0.3 is 0 Å². The fourth-order valence-electron chi connectivity index (χ4n) is 8.75. The second-order valence-electron chi connectivity index (χ2n) is 12.5. The number of hydrogen-bond acceptors (Lipinski definition) is 7. The minimum absolute atomic E-state index is 0.0111. The molecule has 0 saturated heterocycles. The number of carbonyl (C=O) groups is 1. The summed E-state index contributed by atoms with van der Waals surface area (Å²) in [5, 5.41) is 38.0. The number of allylic oxidation sites excluding steroid dienone is 1. The Morgan fingerprint density at radius 1 is 1.23 bits per heavy atom. The highest BCUT2D eigenvalue weighted by Crippen LogP contribution is 2.67. The molecule has 1 amide bonds. The summed E-state index contributed by atoms with van der Waals surface area (Å²) >= 11 is 0. The zero-order chi connectivity index (χ0) is 28.3. The summed E-state index contributed by atoms with van der Waals surface area (Å²) in [7, 11) is 1.46. The van der Waals surface area contributed by atoms with Gasteiger partial charge in [0.05, 0.1) is 36.3 Å². The molecule has 4 aliphatic rings. The van der Waals surface area contributed by atoms with Crippen molar-refractivity contribution < 1.29 is 38.1 Å². The van der Waals surface area contributed by atoms with Crippen LogP contribution in [0.3, 0.4) is 0 Å². The van der Waals surface area contributed by atoms with Gasteiger partial charge in [-0.15, -0.1) is 0 Å². The molecule has 5 rings (SSSR count). The van der Waals surface area contributed by atoms with Gasteiger partial charge < -0.3 is 29.5 Å². The smallest absolute Gasteiger partial charge is 0.289 e. The third-order valence-corrected chi connectivity index (χ3v) is 10.8. The van der Waals surface area contributed by atoms with Crippen LogP contribution in [0.1, 0.15) is 69.9 Å². The molecule has 1 aromatic heterocycles. The molecule has 9 atom stereocenters. The van der Waals surface area contributed by atoms with E-state index < -0.39 is 53.6 Å². The van der Waals surface area contributed by atoms with E-state index in [1.807, 2.05) is 13.0 Å². The van der Waals surface area contributed by atoms with E-state index in [0.717, 1.165) is 12.0 Å². The molecule has 216 valence electrons. The number of fused-ring (bicyclic) bond motifs is 5. The van der Waals surface area contributed by atoms with Crippen LogP contribution in [0.2, 0.25) is 0 Å². The minimum Gasteiger partial charge on any atom is -0.459 e. The lowest BCUT2D eigenvalue weighted by Gasteiger charge is -2.60. The van der Waals surface area contributed by atoms with Crippen molar-refractivity contribution in [2.45, 2.75) is 89.6 Å². The normalized spacial score (nSPS) is 41.4. The molecule has 8 nitrogen and oxygen atoms in total. The molecular weight excluding hydrogens is 510 g/mol. The number of carbonyl (C=O) groups excluding carboxylic acids is 1. The van der Waals surface area contributed by atoms with E-state index in [1.54, 1.807) is 13.0 Å². The second-order valence-corrected chi connectivity index (χ2v) is 12.5. The third-order valence-electron chi connectivity index (χ3n) is 10.8. The molecule has 0 aliphatic heterocycles. The molecule has 4 aliphatic carbocycles. The maximum absolute atomic E-state index is 13.7. The predicted molar refractivity (Wildman–Crippen MR) is 139 cm³/mol. The maximum Gasteiger partial charge on any atom is 0.289 e. The molecule has 0 aromatic carbocycles. The van der Waals surface area contributed by atoms with Gasteiger partial charge in [-0.05, 0) is 86.5 Å². The zero-order valence-electron chi connectivity index (χ0n) is 23.0. The van der Waals surface area contributed by atoms with Crippen LogP contribution in [-0.4, -0.2) is 75.8 Å². The SMILES string of the molecule is CO/N=C1\C=C2C(CC[C@]3(C)[C@@H](C(C)N(CC(F)F)C(=O)c4ccco4)CC[C@@]23O)[C@@]2(C)C[C@H](O)[C@H](O)C[C@@H]12. The van der Waals surface area contributed by atoms with E-state index >= 15 is 0 Å². The summed E-state index contributed by atoms with van der Waals surface area (Å²) in [5.74, 6) is -1.00. The van der Waals surface area contributed by atoms with Crippen molar-refractivity contribution in [1.82, 2.24) is 4.90 Å². The fourth-order valence-corrected chi connectivity index (χ4v) is 8.75. The zero-order valence-corrected chi connectivity index (χ0v) is 23.0. The first-order chi connectivity index (χ1) is 18.4. The van der Waals surface area contributed by atoms with E-state index in [1.165, 1.54) is 24.3 Å². The number of oxime groups is 1. The van der Waals surface area contributed by atoms with E-state index in [-0.39, 0.29) is 23.5 Å². The lowest BCUT2D eigenvalue weighted by atomic mass is 9.46. The highest BCUT2D eigenvalue weighted by molar-refractivity contribution is 5.99. The van der Waals surface area contributed by atoms with Gasteiger partial charge in [-0.2, -0.15) is 0 Å². The Morgan fingerprint density at radius 2 is 1.97 bits per heavy atom. The van der Waals surface area contributed by atoms with Gasteiger partial charge in [0, 0.05) is 17.4 Å². The Hall–Kier alpha value is -2.30. The first-order valence-electron chi connectivity index (χ1n) is 13.9. The van der Waals surface area contributed by atoms with Gasteiger partial charge in [-0.3, -0.25) is 4.79 Å². The van der Waals surface area contributed by atoms with E-state index in [0.29, 0.717) is 37.8 Å². The number of furan rings is 1. The van der Waals surface area contributed by atoms with Crippen LogP contribution >= 0.6 is 0 Å². The fraction of sp³-hybridized carbons (Fsp3) is 0.724. The number of rotatable bonds is 6. The molecule has 0 bridgehead atoms. The molecule has 1 heterocycles. The van der Waals surface area contributed by atoms with Crippen LogP contribution < -0.4 is 0 Å². The number of amides is 1. The number of hydrogen-bond donors (Lipinski definition) is 3. The first kappa shape index (κ1) is 28.2. The standard InChI is InChI=1S/C29H40F2N2O6/c1-16(33(15-25(30)31)26(36)24-6-5-11-39-24)17-8-10-29(37)19-12-21(32-38-4)20-13-22(34)23(35)14-27(20,2)18(19)7-9-28(17,29)3/h5-6,11-12,16-18,20,22-23,25,34-35,37H,7-10,13-15H2,1-4H3/b32-21+/t16?,17-,18?,20+,22-,23+,27-,28-,29-/m1/s1. The van der Waals surface area contributed by atoms with Crippen LogP contribution in [0.15, 0.2) is 39.6 Å². The van der Waals surface area contributed by atoms with E-state index in [9.17, 15) is 28.9 Å². The van der Waals surface area contributed by atoms with Gasteiger partial charge in [0.25, 0.3) is 12.3 Å². The average Bonchev–Trinajstić information content (AvgIpc) is 3.50. The highest BCUT2D eigenvalue weighted by Gasteiger charge is 2.67. The summed E-state index contributed by atoms with van der Waals surface area (Å²) in [6.07, 6.45) is 1.88. The molecule has 39 heavy (non-hydrogen) atoms. The van der Waals surface area contributed by atoms with Crippen molar-refractivity contribution in [1.29, 1.82) is 0 Å². The van der Waals surface area contributed by atoms with Crippen LogP contribution in [-0.2, 0) is 4.84 Å². The second kappa shape index (κ2) is 9.96. The van der Waals surface area contributed by atoms with Gasteiger partial charge in [0.2, 0.25) is 0 Å². The highest BCUT2D eigenvalue weighted by atomic mass is 19.3. The Bertz CT molecular complexity index is 1140. The summed E-state index contributed by atoms with van der Waals surface area (Å²) in [5.41, 5.74) is -0.909. The Morgan fingerprint density at radius 3 is 2.62 bits per heavy atom. The van der Waals surface area contributed by atoms with Gasteiger partial charge in [0.15, 0.2) is 5.76 Å². The predicted octanol–water partition coefficient (Wildman–Crippen LogP) is 4.01. The van der Waals surface area contributed by atoms with Crippen molar-refractivity contribution in [3.63, 3.8) is 0 Å². The molecule has 2 unspecified atom stereocenters. The summed E-state index contributed by atoms with van der Waals surface area (Å²) in [6, 6.07) is 2.46. The van der Waals surface area contributed by atoms with Gasteiger partial charge in [0.1, 0.15) is 7.11 Å². The summed E-state index contributed by atoms with van der Waals surface area (Å²) < 4.78 is 32.6. The Labute approximate surface area is 227 Å². The van der Waals surface area contributed by atoms with Gasteiger partial charge in [-0.25, -0.2) is 8.78 Å². The van der Waals surface area contributed by atoms with Crippen LogP contribution in [0.4, 0.5) is 8.78 Å².